The van der Waals surface area contributed by atoms with Gasteiger partial charge in [-0.05, 0) is 38.1 Å². The molecule has 1 saturated carbocycles. The summed E-state index contributed by atoms with van der Waals surface area (Å²) < 4.78 is 6.02. The van der Waals surface area contributed by atoms with Crippen LogP contribution in [0.15, 0.2) is 0 Å². The number of hydrogen-bond donors (Lipinski definition) is 1. The highest BCUT2D eigenvalue weighted by Gasteiger charge is 2.33. The number of ether oxygens (including phenoxy) is 1. The molecule has 2 rings (SSSR count). The zero-order chi connectivity index (χ0) is 8.39. The highest BCUT2D eigenvalue weighted by molar-refractivity contribution is 4.85. The SMILES string of the molecule is CCC1CNCCC(C2CC2)O1. The minimum atomic E-state index is 0.470. The van der Waals surface area contributed by atoms with Crippen LogP contribution in [-0.2, 0) is 4.74 Å². The molecule has 2 unspecified atom stereocenters. The minimum absolute atomic E-state index is 0.470. The van der Waals surface area contributed by atoms with Crippen LogP contribution in [0, 0.1) is 5.92 Å². The molecule has 0 radical (unpaired) electrons. The molecule has 12 heavy (non-hydrogen) atoms. The molecule has 1 aliphatic carbocycles. The van der Waals surface area contributed by atoms with Gasteiger partial charge in [0.2, 0.25) is 0 Å². The summed E-state index contributed by atoms with van der Waals surface area (Å²) in [7, 11) is 0. The predicted molar refractivity (Wildman–Crippen MR) is 49.2 cm³/mol. The molecule has 0 aromatic carbocycles. The molecule has 2 heteroatoms. The van der Waals surface area contributed by atoms with E-state index in [1.807, 2.05) is 0 Å². The fraction of sp³-hybridized carbons (Fsp3) is 1.00. The van der Waals surface area contributed by atoms with Crippen LogP contribution >= 0.6 is 0 Å². The molecule has 0 aromatic rings. The lowest BCUT2D eigenvalue weighted by atomic mass is 10.1. The van der Waals surface area contributed by atoms with E-state index in [0.29, 0.717) is 12.2 Å². The van der Waals surface area contributed by atoms with E-state index < -0.39 is 0 Å². The molecule has 1 aliphatic heterocycles. The Hall–Kier alpha value is -0.0800. The zero-order valence-corrected chi connectivity index (χ0v) is 7.88. The Kier molecular flexibility index (Phi) is 2.66. The van der Waals surface area contributed by atoms with Crippen LogP contribution in [0.4, 0.5) is 0 Å². The largest absolute Gasteiger partial charge is 0.373 e. The van der Waals surface area contributed by atoms with Gasteiger partial charge in [-0.15, -0.1) is 0 Å². The molecule has 0 spiro atoms. The first kappa shape index (κ1) is 8.52. The van der Waals surface area contributed by atoms with Crippen molar-refractivity contribution in [2.75, 3.05) is 13.1 Å². The second-order valence-corrected chi connectivity index (χ2v) is 4.04. The lowest BCUT2D eigenvalue weighted by Crippen LogP contribution is -2.26. The Morgan fingerprint density at radius 3 is 2.83 bits per heavy atom. The van der Waals surface area contributed by atoms with E-state index in [2.05, 4.69) is 12.2 Å². The summed E-state index contributed by atoms with van der Waals surface area (Å²) in [6.07, 6.45) is 6.22. The van der Waals surface area contributed by atoms with Gasteiger partial charge in [0.15, 0.2) is 0 Å². The normalized spacial score (nSPS) is 37.8. The second-order valence-electron chi connectivity index (χ2n) is 4.04. The molecule has 2 nitrogen and oxygen atoms in total. The van der Waals surface area contributed by atoms with Crippen molar-refractivity contribution in [2.45, 2.75) is 44.8 Å². The molecule has 1 N–H and O–H groups in total. The maximum Gasteiger partial charge on any atom is 0.0700 e. The van der Waals surface area contributed by atoms with Gasteiger partial charge in [0.05, 0.1) is 12.2 Å². The van der Waals surface area contributed by atoms with E-state index in [1.54, 1.807) is 0 Å². The van der Waals surface area contributed by atoms with Crippen molar-refractivity contribution in [1.82, 2.24) is 5.32 Å². The monoisotopic (exact) mass is 169 g/mol. The topological polar surface area (TPSA) is 21.3 Å². The molecular weight excluding hydrogens is 150 g/mol. The molecule has 0 aromatic heterocycles. The summed E-state index contributed by atoms with van der Waals surface area (Å²) in [5, 5.41) is 3.44. The van der Waals surface area contributed by atoms with Crippen LogP contribution in [0.2, 0.25) is 0 Å². The molecule has 0 bridgehead atoms. The second kappa shape index (κ2) is 3.75. The van der Waals surface area contributed by atoms with Crippen molar-refractivity contribution in [1.29, 1.82) is 0 Å². The van der Waals surface area contributed by atoms with Crippen molar-refractivity contribution in [3.8, 4) is 0 Å². The van der Waals surface area contributed by atoms with Gasteiger partial charge in [0.25, 0.3) is 0 Å². The maximum atomic E-state index is 6.02. The molecule has 1 saturated heterocycles. The highest BCUT2D eigenvalue weighted by Crippen LogP contribution is 2.36. The first-order valence-corrected chi connectivity index (χ1v) is 5.26. The minimum Gasteiger partial charge on any atom is -0.373 e. The van der Waals surface area contributed by atoms with Gasteiger partial charge in [-0.25, -0.2) is 0 Å². The van der Waals surface area contributed by atoms with Gasteiger partial charge >= 0.3 is 0 Å². The number of hydrogen-bond acceptors (Lipinski definition) is 2. The van der Waals surface area contributed by atoms with E-state index in [4.69, 9.17) is 4.74 Å². The summed E-state index contributed by atoms with van der Waals surface area (Å²) in [6.45, 7) is 4.42. The van der Waals surface area contributed by atoms with Crippen molar-refractivity contribution in [3.63, 3.8) is 0 Å². The smallest absolute Gasteiger partial charge is 0.0700 e. The molecule has 1 heterocycles. The summed E-state index contributed by atoms with van der Waals surface area (Å²) in [6, 6.07) is 0. The Balaban J connectivity index is 1.86. The van der Waals surface area contributed by atoms with Gasteiger partial charge in [-0.1, -0.05) is 6.92 Å². The highest BCUT2D eigenvalue weighted by atomic mass is 16.5. The van der Waals surface area contributed by atoms with Crippen molar-refractivity contribution in [3.05, 3.63) is 0 Å². The fourth-order valence-corrected chi connectivity index (χ4v) is 1.93. The van der Waals surface area contributed by atoms with Crippen molar-refractivity contribution < 1.29 is 4.74 Å². The third-order valence-electron chi connectivity index (χ3n) is 2.95. The molecule has 70 valence electrons. The van der Waals surface area contributed by atoms with Crippen molar-refractivity contribution in [2.24, 2.45) is 5.92 Å². The lowest BCUT2D eigenvalue weighted by Gasteiger charge is -2.19. The average Bonchev–Trinajstić information content (AvgIpc) is 2.91. The fourth-order valence-electron chi connectivity index (χ4n) is 1.93. The summed E-state index contributed by atoms with van der Waals surface area (Å²) >= 11 is 0. The van der Waals surface area contributed by atoms with Gasteiger partial charge in [0, 0.05) is 6.54 Å². The predicted octanol–water partition coefficient (Wildman–Crippen LogP) is 1.55. The zero-order valence-electron chi connectivity index (χ0n) is 7.88. The van der Waals surface area contributed by atoms with Gasteiger partial charge in [0.1, 0.15) is 0 Å². The van der Waals surface area contributed by atoms with Crippen LogP contribution in [0.3, 0.4) is 0 Å². The average molecular weight is 169 g/mol. The quantitative estimate of drug-likeness (QED) is 0.677. The molecule has 2 atom stereocenters. The van der Waals surface area contributed by atoms with Crippen LogP contribution in [0.25, 0.3) is 0 Å². The summed E-state index contributed by atoms with van der Waals surface area (Å²) in [5.74, 6) is 0.902. The Morgan fingerprint density at radius 1 is 1.33 bits per heavy atom. The maximum absolute atomic E-state index is 6.02. The van der Waals surface area contributed by atoms with Crippen molar-refractivity contribution >= 4 is 0 Å². The molecule has 2 fully saturated rings. The van der Waals surface area contributed by atoms with E-state index >= 15 is 0 Å². The van der Waals surface area contributed by atoms with E-state index in [9.17, 15) is 0 Å². The Morgan fingerprint density at radius 2 is 2.17 bits per heavy atom. The number of nitrogens with one attached hydrogen (secondary N) is 1. The van der Waals surface area contributed by atoms with Crippen LogP contribution in [0.5, 0.6) is 0 Å². The van der Waals surface area contributed by atoms with E-state index in [0.717, 1.165) is 25.4 Å². The molecule has 2 aliphatic rings. The van der Waals surface area contributed by atoms with Crippen LogP contribution in [-0.4, -0.2) is 25.3 Å². The first-order valence-electron chi connectivity index (χ1n) is 5.26. The lowest BCUT2D eigenvalue weighted by molar-refractivity contribution is -0.0143. The molecule has 0 amide bonds. The Labute approximate surface area is 74.7 Å². The summed E-state index contributed by atoms with van der Waals surface area (Å²) in [5.41, 5.74) is 0. The Bertz CT molecular complexity index is 145. The molecular formula is C10H19NO. The summed E-state index contributed by atoms with van der Waals surface area (Å²) in [4.78, 5) is 0. The number of rotatable bonds is 2. The van der Waals surface area contributed by atoms with Gasteiger partial charge in [-0.3, -0.25) is 0 Å². The van der Waals surface area contributed by atoms with E-state index in [1.165, 1.54) is 19.3 Å². The van der Waals surface area contributed by atoms with Crippen LogP contribution < -0.4 is 5.32 Å². The third-order valence-corrected chi connectivity index (χ3v) is 2.95. The van der Waals surface area contributed by atoms with Gasteiger partial charge < -0.3 is 10.1 Å². The third kappa shape index (κ3) is 1.99. The standard InChI is InChI=1S/C10H19NO/c1-2-9-7-11-6-5-10(12-9)8-3-4-8/h8-11H,2-7H2,1H3. The first-order chi connectivity index (χ1) is 5.90. The van der Waals surface area contributed by atoms with E-state index in [-0.39, 0.29) is 0 Å². The van der Waals surface area contributed by atoms with Gasteiger partial charge in [-0.2, -0.15) is 0 Å². The van der Waals surface area contributed by atoms with Crippen LogP contribution in [0.1, 0.15) is 32.6 Å².